The summed E-state index contributed by atoms with van der Waals surface area (Å²) < 4.78 is 19.0. The van der Waals surface area contributed by atoms with Gasteiger partial charge in [-0.25, -0.2) is 4.39 Å². The molecule has 2 aromatic rings. The summed E-state index contributed by atoms with van der Waals surface area (Å²) in [5, 5.41) is 8.81. The second-order valence-electron chi connectivity index (χ2n) is 3.34. The summed E-state index contributed by atoms with van der Waals surface area (Å²) in [5.41, 5.74) is 0.497. The third-order valence-corrected chi connectivity index (χ3v) is 2.51. The van der Waals surface area contributed by atoms with Gasteiger partial charge in [-0.15, -0.1) is 0 Å². The molecule has 0 spiro atoms. The van der Waals surface area contributed by atoms with E-state index in [1.165, 1.54) is 24.3 Å². The molecule has 17 heavy (non-hydrogen) atoms. The summed E-state index contributed by atoms with van der Waals surface area (Å²) in [6.45, 7) is 0. The summed E-state index contributed by atoms with van der Waals surface area (Å²) in [7, 11) is 0. The van der Waals surface area contributed by atoms with Crippen molar-refractivity contribution in [2.75, 3.05) is 0 Å². The number of benzene rings is 2. The van der Waals surface area contributed by atoms with Gasteiger partial charge in [0, 0.05) is 4.47 Å². The van der Waals surface area contributed by atoms with Crippen molar-refractivity contribution in [3.63, 3.8) is 0 Å². The van der Waals surface area contributed by atoms with E-state index in [0.29, 0.717) is 17.1 Å². The maximum Gasteiger partial charge on any atom is 0.129 e. The Morgan fingerprint density at radius 2 is 1.76 bits per heavy atom. The Hall–Kier alpha value is -1.86. The molecular formula is C13H7BrFNO. The molecule has 2 rings (SSSR count). The molecule has 2 aromatic carbocycles. The molecule has 84 valence electrons. The van der Waals surface area contributed by atoms with E-state index < -0.39 is 0 Å². The van der Waals surface area contributed by atoms with E-state index in [9.17, 15) is 4.39 Å². The van der Waals surface area contributed by atoms with Gasteiger partial charge in [-0.2, -0.15) is 5.26 Å². The Labute approximate surface area is 106 Å². The van der Waals surface area contributed by atoms with Crippen LogP contribution in [0.5, 0.6) is 11.5 Å². The Bertz CT molecular complexity index is 575. The molecule has 0 aromatic heterocycles. The molecule has 0 amide bonds. The summed E-state index contributed by atoms with van der Waals surface area (Å²) in [6, 6.07) is 12.8. The minimum absolute atomic E-state index is 0.315. The van der Waals surface area contributed by atoms with Gasteiger partial charge < -0.3 is 4.74 Å². The lowest BCUT2D eigenvalue weighted by Gasteiger charge is -2.06. The van der Waals surface area contributed by atoms with Crippen molar-refractivity contribution in [1.82, 2.24) is 0 Å². The lowest BCUT2D eigenvalue weighted by molar-refractivity contribution is 0.480. The van der Waals surface area contributed by atoms with Gasteiger partial charge in [-0.3, -0.25) is 0 Å². The van der Waals surface area contributed by atoms with Crippen LogP contribution in [0.15, 0.2) is 46.9 Å². The van der Waals surface area contributed by atoms with Gasteiger partial charge in [0.05, 0.1) is 11.6 Å². The lowest BCUT2D eigenvalue weighted by Crippen LogP contribution is -1.86. The number of hydrogen-bond donors (Lipinski definition) is 0. The van der Waals surface area contributed by atoms with Crippen LogP contribution in [0.4, 0.5) is 4.39 Å². The third kappa shape index (κ3) is 3.05. The van der Waals surface area contributed by atoms with Crippen molar-refractivity contribution in [3.8, 4) is 17.6 Å². The first-order chi connectivity index (χ1) is 8.17. The van der Waals surface area contributed by atoms with Gasteiger partial charge in [0.2, 0.25) is 0 Å². The number of nitriles is 1. The van der Waals surface area contributed by atoms with Crippen LogP contribution in [0.1, 0.15) is 5.56 Å². The zero-order valence-electron chi connectivity index (χ0n) is 8.65. The topological polar surface area (TPSA) is 33.0 Å². The molecule has 0 bridgehead atoms. The van der Waals surface area contributed by atoms with Crippen LogP contribution in [0.2, 0.25) is 0 Å². The van der Waals surface area contributed by atoms with Crippen molar-refractivity contribution in [2.45, 2.75) is 0 Å². The van der Waals surface area contributed by atoms with E-state index in [0.717, 1.165) is 4.47 Å². The molecule has 0 aliphatic heterocycles. The van der Waals surface area contributed by atoms with Gasteiger partial charge >= 0.3 is 0 Å². The normalized spacial score (nSPS) is 9.71. The SMILES string of the molecule is N#Cc1cc(Br)cc(Oc2ccc(F)cc2)c1. The zero-order valence-corrected chi connectivity index (χ0v) is 10.2. The highest BCUT2D eigenvalue weighted by Crippen LogP contribution is 2.26. The van der Waals surface area contributed by atoms with Crippen LogP contribution in [-0.2, 0) is 0 Å². The highest BCUT2D eigenvalue weighted by molar-refractivity contribution is 9.10. The molecule has 0 aliphatic carbocycles. The Morgan fingerprint density at radius 3 is 2.41 bits per heavy atom. The van der Waals surface area contributed by atoms with Gasteiger partial charge in [-0.05, 0) is 42.5 Å². The van der Waals surface area contributed by atoms with Crippen LogP contribution >= 0.6 is 15.9 Å². The predicted molar refractivity (Wildman–Crippen MR) is 65.3 cm³/mol. The lowest BCUT2D eigenvalue weighted by atomic mass is 10.2. The predicted octanol–water partition coefficient (Wildman–Crippen LogP) is 4.25. The average Bonchev–Trinajstić information content (AvgIpc) is 2.31. The monoisotopic (exact) mass is 291 g/mol. The zero-order chi connectivity index (χ0) is 12.3. The Balaban J connectivity index is 2.27. The van der Waals surface area contributed by atoms with E-state index in [2.05, 4.69) is 15.9 Å². The smallest absolute Gasteiger partial charge is 0.129 e. The van der Waals surface area contributed by atoms with Gasteiger partial charge in [-0.1, -0.05) is 15.9 Å². The molecule has 0 radical (unpaired) electrons. The van der Waals surface area contributed by atoms with Gasteiger partial charge in [0.25, 0.3) is 0 Å². The number of halogens is 2. The Morgan fingerprint density at radius 1 is 1.06 bits per heavy atom. The van der Waals surface area contributed by atoms with E-state index in [-0.39, 0.29) is 5.82 Å². The average molecular weight is 292 g/mol. The molecule has 0 saturated carbocycles. The highest BCUT2D eigenvalue weighted by Gasteiger charge is 2.02. The number of nitrogens with zero attached hydrogens (tertiary/aromatic N) is 1. The maximum absolute atomic E-state index is 12.7. The van der Waals surface area contributed by atoms with Crippen molar-refractivity contribution in [3.05, 3.63) is 58.3 Å². The third-order valence-electron chi connectivity index (χ3n) is 2.05. The fourth-order valence-electron chi connectivity index (χ4n) is 1.32. The quantitative estimate of drug-likeness (QED) is 0.828. The van der Waals surface area contributed by atoms with E-state index in [1.807, 2.05) is 6.07 Å². The molecule has 0 unspecified atom stereocenters. The minimum Gasteiger partial charge on any atom is -0.457 e. The van der Waals surface area contributed by atoms with Gasteiger partial charge in [0.1, 0.15) is 17.3 Å². The van der Waals surface area contributed by atoms with Gasteiger partial charge in [0.15, 0.2) is 0 Å². The molecule has 0 saturated heterocycles. The first-order valence-corrected chi connectivity index (χ1v) is 5.61. The molecule has 0 atom stereocenters. The molecular weight excluding hydrogens is 285 g/mol. The van der Waals surface area contributed by atoms with Crippen LogP contribution in [0.25, 0.3) is 0 Å². The molecule has 4 heteroatoms. The molecule has 0 N–H and O–H groups in total. The molecule has 2 nitrogen and oxygen atoms in total. The summed E-state index contributed by atoms with van der Waals surface area (Å²) >= 11 is 3.29. The van der Waals surface area contributed by atoms with E-state index in [4.69, 9.17) is 10.00 Å². The first-order valence-electron chi connectivity index (χ1n) is 4.81. The first kappa shape index (κ1) is 11.6. The largest absolute Gasteiger partial charge is 0.457 e. The van der Waals surface area contributed by atoms with Crippen molar-refractivity contribution < 1.29 is 9.13 Å². The van der Waals surface area contributed by atoms with Crippen LogP contribution in [0, 0.1) is 17.1 Å². The standard InChI is InChI=1S/C13H7BrFNO/c14-10-5-9(8-16)6-13(7-10)17-12-3-1-11(15)2-4-12/h1-7H. The summed E-state index contributed by atoms with van der Waals surface area (Å²) in [4.78, 5) is 0. The van der Waals surface area contributed by atoms with Crippen LogP contribution in [-0.4, -0.2) is 0 Å². The summed E-state index contributed by atoms with van der Waals surface area (Å²) in [6.07, 6.45) is 0. The number of ether oxygens (including phenoxy) is 1. The molecule has 0 fully saturated rings. The van der Waals surface area contributed by atoms with Crippen LogP contribution in [0.3, 0.4) is 0 Å². The second kappa shape index (κ2) is 4.98. The maximum atomic E-state index is 12.7. The summed E-state index contributed by atoms with van der Waals surface area (Å²) in [5.74, 6) is 0.736. The Kier molecular flexibility index (Phi) is 3.40. The minimum atomic E-state index is -0.315. The highest BCUT2D eigenvalue weighted by atomic mass is 79.9. The van der Waals surface area contributed by atoms with Crippen molar-refractivity contribution >= 4 is 15.9 Å². The fraction of sp³-hybridized carbons (Fsp3) is 0. The van der Waals surface area contributed by atoms with Crippen molar-refractivity contribution in [1.29, 1.82) is 5.26 Å². The number of rotatable bonds is 2. The van der Waals surface area contributed by atoms with E-state index in [1.54, 1.807) is 18.2 Å². The van der Waals surface area contributed by atoms with Crippen molar-refractivity contribution in [2.24, 2.45) is 0 Å². The molecule has 0 heterocycles. The fourth-order valence-corrected chi connectivity index (χ4v) is 1.80. The second-order valence-corrected chi connectivity index (χ2v) is 4.26. The van der Waals surface area contributed by atoms with E-state index >= 15 is 0 Å². The number of hydrogen-bond acceptors (Lipinski definition) is 2. The van der Waals surface area contributed by atoms with Crippen LogP contribution < -0.4 is 4.74 Å². The molecule has 0 aliphatic rings.